The Labute approximate surface area is 103 Å². The molecule has 1 N–H and O–H groups in total. The number of nitrogens with one attached hydrogen (secondary N) is 1. The number of ether oxygens (including phenoxy) is 1. The van der Waals surface area contributed by atoms with Crippen LogP contribution >= 0.6 is 0 Å². The zero-order valence-electron chi connectivity index (χ0n) is 9.49. The first-order valence-electron chi connectivity index (χ1n) is 4.93. The number of rotatable bonds is 5. The highest BCUT2D eigenvalue weighted by Gasteiger charge is 2.30. The van der Waals surface area contributed by atoms with E-state index in [0.29, 0.717) is 5.69 Å². The molecule has 0 heterocycles. The number of sulfone groups is 1. The van der Waals surface area contributed by atoms with Gasteiger partial charge in [0.2, 0.25) is 0 Å². The van der Waals surface area contributed by atoms with E-state index in [1.54, 1.807) is 0 Å². The molecule has 1 rings (SSSR count). The number of anilines is 1. The van der Waals surface area contributed by atoms with Crippen LogP contribution in [-0.2, 0) is 9.84 Å². The summed E-state index contributed by atoms with van der Waals surface area (Å²) in [4.78, 5) is 0. The van der Waals surface area contributed by atoms with E-state index < -0.39 is 16.2 Å². The van der Waals surface area contributed by atoms with Crippen LogP contribution in [0.3, 0.4) is 0 Å². The molecule has 4 nitrogen and oxygen atoms in total. The molecular formula is C10H12F3NO3S. The van der Waals surface area contributed by atoms with Gasteiger partial charge in [0.05, 0.1) is 5.75 Å². The largest absolute Gasteiger partial charge is 0.573 e. The second kappa shape index (κ2) is 5.47. The maximum Gasteiger partial charge on any atom is 0.573 e. The maximum atomic E-state index is 11.9. The van der Waals surface area contributed by atoms with Gasteiger partial charge in [0.25, 0.3) is 0 Å². The van der Waals surface area contributed by atoms with Crippen LogP contribution in [-0.4, -0.2) is 33.3 Å². The Bertz CT molecular complexity index is 482. The van der Waals surface area contributed by atoms with Crippen molar-refractivity contribution >= 4 is 15.5 Å². The molecule has 1 aromatic rings. The number of alkyl halides is 3. The van der Waals surface area contributed by atoms with Crippen molar-refractivity contribution in [2.75, 3.05) is 23.9 Å². The molecule has 0 bridgehead atoms. The summed E-state index contributed by atoms with van der Waals surface area (Å²) in [7, 11) is -3.06. The summed E-state index contributed by atoms with van der Waals surface area (Å²) in [5.74, 6) is -0.371. The minimum absolute atomic E-state index is 0.0478. The Hall–Kier alpha value is -1.44. The smallest absolute Gasteiger partial charge is 0.406 e. The van der Waals surface area contributed by atoms with Gasteiger partial charge in [0.15, 0.2) is 0 Å². The van der Waals surface area contributed by atoms with Crippen molar-refractivity contribution in [3.05, 3.63) is 24.3 Å². The molecule has 0 fully saturated rings. The van der Waals surface area contributed by atoms with Gasteiger partial charge in [-0.2, -0.15) is 0 Å². The molecule has 0 radical (unpaired) electrons. The summed E-state index contributed by atoms with van der Waals surface area (Å²) in [6.07, 6.45) is -3.61. The summed E-state index contributed by atoms with van der Waals surface area (Å²) < 4.78 is 61.0. The lowest BCUT2D eigenvalue weighted by Gasteiger charge is -2.10. The third-order valence-corrected chi connectivity index (χ3v) is 2.84. The van der Waals surface area contributed by atoms with Gasteiger partial charge < -0.3 is 10.1 Å². The van der Waals surface area contributed by atoms with Crippen LogP contribution in [0.15, 0.2) is 24.3 Å². The summed E-state index contributed by atoms with van der Waals surface area (Å²) in [6.45, 7) is 0.193. The van der Waals surface area contributed by atoms with Gasteiger partial charge in [-0.25, -0.2) is 8.42 Å². The second-order valence-electron chi connectivity index (χ2n) is 3.63. The lowest BCUT2D eigenvalue weighted by Crippen LogP contribution is -2.17. The van der Waals surface area contributed by atoms with Crippen molar-refractivity contribution in [3.63, 3.8) is 0 Å². The summed E-state index contributed by atoms with van der Waals surface area (Å²) in [5.41, 5.74) is 0.521. The average molecular weight is 283 g/mol. The molecule has 18 heavy (non-hydrogen) atoms. The standard InChI is InChI=1S/C10H12F3NO3S/c1-18(15,16)7-6-14-8-2-4-9(5-3-8)17-10(11,12)13/h2-5,14H,6-7H2,1H3. The number of hydrogen-bond donors (Lipinski definition) is 1. The fourth-order valence-electron chi connectivity index (χ4n) is 1.16. The highest BCUT2D eigenvalue weighted by Crippen LogP contribution is 2.23. The fourth-order valence-corrected chi connectivity index (χ4v) is 1.63. The Kier molecular flexibility index (Phi) is 4.44. The monoisotopic (exact) mass is 283 g/mol. The molecule has 0 saturated carbocycles. The molecular weight excluding hydrogens is 271 g/mol. The third-order valence-electron chi connectivity index (χ3n) is 1.89. The van der Waals surface area contributed by atoms with Crippen molar-refractivity contribution in [2.45, 2.75) is 6.36 Å². The number of hydrogen-bond acceptors (Lipinski definition) is 4. The Morgan fingerprint density at radius 2 is 1.78 bits per heavy atom. The highest BCUT2D eigenvalue weighted by atomic mass is 32.2. The van der Waals surface area contributed by atoms with E-state index in [4.69, 9.17) is 0 Å². The van der Waals surface area contributed by atoms with Crippen LogP contribution in [0, 0.1) is 0 Å². The van der Waals surface area contributed by atoms with Crippen molar-refractivity contribution in [3.8, 4) is 5.75 Å². The van der Waals surface area contributed by atoms with Crippen molar-refractivity contribution < 1.29 is 26.3 Å². The topological polar surface area (TPSA) is 55.4 Å². The molecule has 0 spiro atoms. The van der Waals surface area contributed by atoms with Crippen LogP contribution in [0.4, 0.5) is 18.9 Å². The maximum absolute atomic E-state index is 11.9. The Morgan fingerprint density at radius 3 is 2.22 bits per heavy atom. The minimum Gasteiger partial charge on any atom is -0.406 e. The average Bonchev–Trinajstić information content (AvgIpc) is 2.16. The van der Waals surface area contributed by atoms with Gasteiger partial charge >= 0.3 is 6.36 Å². The van der Waals surface area contributed by atoms with Crippen LogP contribution in [0.5, 0.6) is 5.75 Å². The summed E-state index contributed by atoms with van der Waals surface area (Å²) in [6, 6.07) is 5.05. The van der Waals surface area contributed by atoms with E-state index in [2.05, 4.69) is 10.1 Å². The van der Waals surface area contributed by atoms with E-state index >= 15 is 0 Å². The lowest BCUT2D eigenvalue weighted by atomic mass is 10.3. The molecule has 0 aromatic heterocycles. The quantitative estimate of drug-likeness (QED) is 0.898. The summed E-state index contributed by atoms with van der Waals surface area (Å²) >= 11 is 0. The first-order valence-corrected chi connectivity index (χ1v) is 6.99. The van der Waals surface area contributed by atoms with Gasteiger partial charge in [-0.3, -0.25) is 0 Å². The van der Waals surface area contributed by atoms with Crippen molar-refractivity contribution in [1.29, 1.82) is 0 Å². The van der Waals surface area contributed by atoms with E-state index in [1.807, 2.05) is 0 Å². The van der Waals surface area contributed by atoms with Crippen molar-refractivity contribution in [2.24, 2.45) is 0 Å². The van der Waals surface area contributed by atoms with E-state index in [-0.39, 0.29) is 18.0 Å². The molecule has 0 unspecified atom stereocenters. The predicted octanol–water partition coefficient (Wildman–Crippen LogP) is 2.04. The van der Waals surface area contributed by atoms with Crippen molar-refractivity contribution in [1.82, 2.24) is 0 Å². The van der Waals surface area contributed by atoms with E-state index in [9.17, 15) is 21.6 Å². The molecule has 102 valence electrons. The molecule has 0 aliphatic heterocycles. The van der Waals surface area contributed by atoms with Gasteiger partial charge in [0.1, 0.15) is 15.6 Å². The minimum atomic E-state index is -4.72. The number of benzene rings is 1. The molecule has 8 heteroatoms. The Morgan fingerprint density at radius 1 is 1.22 bits per heavy atom. The lowest BCUT2D eigenvalue weighted by molar-refractivity contribution is -0.274. The second-order valence-corrected chi connectivity index (χ2v) is 5.89. The van der Waals surface area contributed by atoms with Gasteiger partial charge in [0, 0.05) is 18.5 Å². The number of halogens is 3. The van der Waals surface area contributed by atoms with Crippen LogP contribution < -0.4 is 10.1 Å². The fraction of sp³-hybridized carbons (Fsp3) is 0.400. The predicted molar refractivity (Wildman–Crippen MR) is 61.3 cm³/mol. The zero-order valence-corrected chi connectivity index (χ0v) is 10.3. The van der Waals surface area contributed by atoms with Crippen LogP contribution in [0.25, 0.3) is 0 Å². The summed E-state index contributed by atoms with van der Waals surface area (Å²) in [5, 5.41) is 2.78. The van der Waals surface area contributed by atoms with Gasteiger partial charge in [-0.1, -0.05) is 0 Å². The van der Waals surface area contributed by atoms with Crippen LogP contribution in [0.2, 0.25) is 0 Å². The first-order chi connectivity index (χ1) is 8.16. The van der Waals surface area contributed by atoms with Crippen LogP contribution in [0.1, 0.15) is 0 Å². The van der Waals surface area contributed by atoms with E-state index in [0.717, 1.165) is 18.4 Å². The molecule has 0 amide bonds. The first kappa shape index (κ1) is 14.6. The Balaban J connectivity index is 2.51. The normalized spacial score (nSPS) is 12.2. The van der Waals surface area contributed by atoms with Gasteiger partial charge in [-0.05, 0) is 24.3 Å². The molecule has 0 aliphatic carbocycles. The molecule has 0 saturated heterocycles. The zero-order chi connectivity index (χ0) is 13.8. The molecule has 0 aliphatic rings. The molecule has 1 aromatic carbocycles. The van der Waals surface area contributed by atoms with Gasteiger partial charge in [-0.15, -0.1) is 13.2 Å². The SMILES string of the molecule is CS(=O)(=O)CCNc1ccc(OC(F)(F)F)cc1. The van der Waals surface area contributed by atoms with E-state index in [1.165, 1.54) is 12.1 Å². The highest BCUT2D eigenvalue weighted by molar-refractivity contribution is 7.90. The molecule has 0 atom stereocenters. The third kappa shape index (κ3) is 6.33.